The van der Waals surface area contributed by atoms with Crippen molar-refractivity contribution in [3.8, 4) is 0 Å². The van der Waals surface area contributed by atoms with Crippen LogP contribution in [0.2, 0.25) is 0 Å². The van der Waals surface area contributed by atoms with Crippen LogP contribution in [0.1, 0.15) is 101 Å². The SMILES string of the molecule is CC.CC.CCCCCCCCCCC(=O)NCCOCCOCC.[HH]. The van der Waals surface area contributed by atoms with E-state index in [0.717, 1.165) is 13.0 Å². The first-order chi connectivity index (χ1) is 12.3. The fraction of sp³-hybridized carbons (Fsp3) is 0.952. The molecule has 1 N–H and O–H groups in total. The maximum Gasteiger partial charge on any atom is 0.220 e. The smallest absolute Gasteiger partial charge is 0.220 e. The highest BCUT2D eigenvalue weighted by atomic mass is 16.5. The van der Waals surface area contributed by atoms with Gasteiger partial charge in [0.1, 0.15) is 0 Å². The summed E-state index contributed by atoms with van der Waals surface area (Å²) in [5.41, 5.74) is 0. The van der Waals surface area contributed by atoms with Crippen molar-refractivity contribution in [3.05, 3.63) is 0 Å². The molecule has 0 saturated carbocycles. The molecule has 0 radical (unpaired) electrons. The second kappa shape index (κ2) is 31.2. The van der Waals surface area contributed by atoms with Gasteiger partial charge in [-0.1, -0.05) is 79.6 Å². The fourth-order valence-corrected chi connectivity index (χ4v) is 2.13. The molecule has 0 aliphatic carbocycles. The van der Waals surface area contributed by atoms with Crippen molar-refractivity contribution >= 4 is 5.91 Å². The van der Waals surface area contributed by atoms with Crippen molar-refractivity contribution in [1.29, 1.82) is 0 Å². The van der Waals surface area contributed by atoms with E-state index in [9.17, 15) is 4.79 Å². The Kier molecular flexibility index (Phi) is 36.4. The lowest BCUT2D eigenvalue weighted by molar-refractivity contribution is -0.121. The molecule has 0 aromatic heterocycles. The summed E-state index contributed by atoms with van der Waals surface area (Å²) < 4.78 is 10.5. The number of carbonyl (C=O) groups is 1. The van der Waals surface area contributed by atoms with Gasteiger partial charge in [-0.05, 0) is 13.3 Å². The van der Waals surface area contributed by atoms with Gasteiger partial charge in [-0.25, -0.2) is 0 Å². The Morgan fingerprint density at radius 2 is 1.28 bits per heavy atom. The van der Waals surface area contributed by atoms with E-state index in [0.29, 0.717) is 32.8 Å². The van der Waals surface area contributed by atoms with Gasteiger partial charge >= 0.3 is 0 Å². The number of hydrogen-bond acceptors (Lipinski definition) is 3. The maximum absolute atomic E-state index is 11.6. The quantitative estimate of drug-likeness (QED) is 0.343. The molecule has 0 unspecified atom stereocenters. The highest BCUT2D eigenvalue weighted by Gasteiger charge is 2.00. The summed E-state index contributed by atoms with van der Waals surface area (Å²) in [7, 11) is 0. The van der Waals surface area contributed by atoms with Crippen LogP contribution in [-0.4, -0.2) is 38.9 Å². The zero-order valence-electron chi connectivity index (χ0n) is 18.1. The molecule has 0 heterocycles. The second-order valence-electron chi connectivity index (χ2n) is 5.38. The van der Waals surface area contributed by atoms with Gasteiger partial charge in [-0.15, -0.1) is 0 Å². The third kappa shape index (κ3) is 31.6. The summed E-state index contributed by atoms with van der Waals surface area (Å²) >= 11 is 0. The Balaban J connectivity index is -0.000000449. The van der Waals surface area contributed by atoms with Gasteiger partial charge in [0, 0.05) is 21.0 Å². The van der Waals surface area contributed by atoms with Crippen molar-refractivity contribution in [2.45, 2.75) is 99.3 Å². The molecule has 25 heavy (non-hydrogen) atoms. The van der Waals surface area contributed by atoms with Crippen LogP contribution in [0.25, 0.3) is 0 Å². The van der Waals surface area contributed by atoms with Gasteiger partial charge in [-0.3, -0.25) is 4.79 Å². The largest absolute Gasteiger partial charge is 0.379 e. The first kappa shape index (κ1) is 29.2. The number of rotatable bonds is 16. The first-order valence-corrected chi connectivity index (χ1v) is 10.7. The summed E-state index contributed by atoms with van der Waals surface area (Å²) in [5.74, 6) is 0.148. The number of carbonyl (C=O) groups excluding carboxylic acids is 1. The molecule has 0 aliphatic heterocycles. The summed E-state index contributed by atoms with van der Waals surface area (Å²) in [6, 6.07) is 0. The van der Waals surface area contributed by atoms with E-state index < -0.39 is 0 Å². The number of ether oxygens (including phenoxy) is 2. The molecule has 0 bridgehead atoms. The first-order valence-electron chi connectivity index (χ1n) is 10.7. The number of hydrogen-bond donors (Lipinski definition) is 1. The molecule has 0 rings (SSSR count). The predicted octanol–water partition coefficient (Wildman–Crippen LogP) is 5.98. The van der Waals surface area contributed by atoms with Gasteiger partial charge in [0.2, 0.25) is 5.91 Å². The summed E-state index contributed by atoms with van der Waals surface area (Å²) in [4.78, 5) is 11.6. The maximum atomic E-state index is 11.6. The van der Waals surface area contributed by atoms with E-state index in [-0.39, 0.29) is 7.33 Å². The third-order valence-corrected chi connectivity index (χ3v) is 3.40. The van der Waals surface area contributed by atoms with Crippen molar-refractivity contribution in [1.82, 2.24) is 5.32 Å². The molecular formula is C21H49NO3. The van der Waals surface area contributed by atoms with Crippen LogP contribution in [0.15, 0.2) is 0 Å². The second-order valence-corrected chi connectivity index (χ2v) is 5.38. The summed E-state index contributed by atoms with van der Waals surface area (Å²) in [5, 5.41) is 2.89. The van der Waals surface area contributed by atoms with Gasteiger partial charge in [-0.2, -0.15) is 0 Å². The minimum absolute atomic E-state index is 0. The topological polar surface area (TPSA) is 47.6 Å². The van der Waals surface area contributed by atoms with E-state index in [2.05, 4.69) is 12.2 Å². The van der Waals surface area contributed by atoms with Crippen LogP contribution in [-0.2, 0) is 14.3 Å². The lowest BCUT2D eigenvalue weighted by atomic mass is 10.1. The number of unbranched alkanes of at least 4 members (excludes halogenated alkanes) is 7. The Morgan fingerprint density at radius 1 is 0.760 bits per heavy atom. The highest BCUT2D eigenvalue weighted by molar-refractivity contribution is 5.75. The van der Waals surface area contributed by atoms with Crippen LogP contribution in [0.4, 0.5) is 0 Å². The van der Waals surface area contributed by atoms with Crippen LogP contribution >= 0.6 is 0 Å². The summed E-state index contributed by atoms with van der Waals surface area (Å²) in [6.07, 6.45) is 10.8. The van der Waals surface area contributed by atoms with Crippen molar-refractivity contribution in [2.24, 2.45) is 0 Å². The molecule has 4 nitrogen and oxygen atoms in total. The molecular weight excluding hydrogens is 314 g/mol. The third-order valence-electron chi connectivity index (χ3n) is 3.40. The van der Waals surface area contributed by atoms with Crippen molar-refractivity contribution in [2.75, 3.05) is 33.0 Å². The highest BCUT2D eigenvalue weighted by Crippen LogP contribution is 2.09. The minimum atomic E-state index is 0. The normalized spacial score (nSPS) is 9.52. The van der Waals surface area contributed by atoms with Gasteiger partial charge < -0.3 is 14.8 Å². The standard InChI is InChI=1S/C17H35NO3.2C2H6.H2/c1-3-5-6-7-8-9-10-11-12-17(19)18-13-14-21-16-15-20-4-2;2*1-2;/h3-16H2,1-2H3,(H,18,19);2*1-2H3;1H. The van der Waals surface area contributed by atoms with Gasteiger partial charge in [0.05, 0.1) is 19.8 Å². The Labute approximate surface area is 159 Å². The Bertz CT molecular complexity index is 229. The Morgan fingerprint density at radius 3 is 1.84 bits per heavy atom. The zero-order chi connectivity index (χ0) is 19.6. The average Bonchev–Trinajstić information content (AvgIpc) is 2.66. The van der Waals surface area contributed by atoms with E-state index in [1.54, 1.807) is 0 Å². The number of nitrogens with one attached hydrogen (secondary N) is 1. The van der Waals surface area contributed by atoms with Crippen molar-refractivity contribution < 1.29 is 15.7 Å². The molecule has 0 fully saturated rings. The van der Waals surface area contributed by atoms with E-state index in [1.807, 2.05) is 34.6 Å². The van der Waals surface area contributed by atoms with Crippen LogP contribution in [0.3, 0.4) is 0 Å². The van der Waals surface area contributed by atoms with E-state index in [1.165, 1.54) is 44.9 Å². The Hall–Kier alpha value is -0.610. The molecule has 156 valence electrons. The molecule has 0 atom stereocenters. The van der Waals surface area contributed by atoms with Crippen LogP contribution in [0, 0.1) is 0 Å². The van der Waals surface area contributed by atoms with Crippen molar-refractivity contribution in [3.63, 3.8) is 0 Å². The minimum Gasteiger partial charge on any atom is -0.379 e. The lowest BCUT2D eigenvalue weighted by Crippen LogP contribution is -2.27. The molecule has 1 amide bonds. The predicted molar refractivity (Wildman–Crippen MR) is 112 cm³/mol. The molecule has 0 spiro atoms. The van der Waals surface area contributed by atoms with Gasteiger partial charge in [0.15, 0.2) is 0 Å². The monoisotopic (exact) mass is 363 g/mol. The average molecular weight is 364 g/mol. The van der Waals surface area contributed by atoms with E-state index >= 15 is 0 Å². The summed E-state index contributed by atoms with van der Waals surface area (Å²) in [6.45, 7) is 15.3. The van der Waals surface area contributed by atoms with Gasteiger partial charge in [0.25, 0.3) is 0 Å². The molecule has 0 saturated heterocycles. The molecule has 0 aromatic rings. The molecule has 0 aromatic carbocycles. The molecule has 0 aliphatic rings. The molecule has 4 heteroatoms. The fourth-order valence-electron chi connectivity index (χ4n) is 2.13. The van der Waals surface area contributed by atoms with Crippen LogP contribution in [0.5, 0.6) is 0 Å². The zero-order valence-corrected chi connectivity index (χ0v) is 18.1. The number of amides is 1. The lowest BCUT2D eigenvalue weighted by Gasteiger charge is -2.06. The van der Waals surface area contributed by atoms with E-state index in [4.69, 9.17) is 9.47 Å². The van der Waals surface area contributed by atoms with Crippen LogP contribution < -0.4 is 5.32 Å².